The summed E-state index contributed by atoms with van der Waals surface area (Å²) in [5, 5.41) is 0. The van der Waals surface area contributed by atoms with Gasteiger partial charge in [0.25, 0.3) is 0 Å². The SMILES string of the molecule is CCCCCCCCCCCCCCCCCCC[n+]1cccc(-c2c3nc(c(-c4ccc(C)cc4)c4ccc([nH]4)c(-c4ccc(C)cc4)c4nc(c(-c5ccc(C)cc5)c5ccc2[nH]5)C=C4)C=C3)c1. The summed E-state index contributed by atoms with van der Waals surface area (Å²) in [6.45, 7) is 9.72. The summed E-state index contributed by atoms with van der Waals surface area (Å²) in [6.07, 6.45) is 36.8. The number of H-pyrrole nitrogens is 2. The quantitative estimate of drug-likeness (QED) is 0.0525. The summed E-state index contributed by atoms with van der Waals surface area (Å²) >= 11 is 0. The van der Waals surface area contributed by atoms with E-state index in [9.17, 15) is 0 Å². The number of fused-ring (bicyclic) bond motifs is 8. The molecule has 0 aliphatic carbocycles. The molecular formula is C65H74N5+. The topological polar surface area (TPSA) is 61.2 Å². The molecule has 0 atom stereocenters. The number of hydrogen-bond acceptors (Lipinski definition) is 2. The number of aromatic nitrogens is 5. The van der Waals surface area contributed by atoms with E-state index in [1.807, 2.05) is 0 Å². The molecule has 4 aromatic heterocycles. The molecule has 3 aromatic carbocycles. The van der Waals surface area contributed by atoms with Crippen LogP contribution in [0.25, 0.3) is 90.9 Å². The molecule has 0 saturated heterocycles. The molecule has 0 amide bonds. The molecule has 2 aliphatic rings. The minimum Gasteiger partial charge on any atom is -0.354 e. The first-order valence-corrected chi connectivity index (χ1v) is 26.8. The Morgan fingerprint density at radius 3 is 1.01 bits per heavy atom. The molecule has 0 saturated carbocycles. The van der Waals surface area contributed by atoms with Crippen molar-refractivity contribution in [3.05, 3.63) is 161 Å². The minimum atomic E-state index is 0.919. The van der Waals surface area contributed by atoms with Crippen LogP contribution in [0.4, 0.5) is 0 Å². The van der Waals surface area contributed by atoms with Crippen molar-refractivity contribution in [1.82, 2.24) is 19.9 Å². The first-order chi connectivity index (χ1) is 34.4. The number of unbranched alkanes of at least 4 members (excludes halogenated alkanes) is 16. The Morgan fingerprint density at radius 1 is 0.357 bits per heavy atom. The Morgan fingerprint density at radius 2 is 0.671 bits per heavy atom. The zero-order valence-electron chi connectivity index (χ0n) is 42.4. The Labute approximate surface area is 417 Å². The zero-order chi connectivity index (χ0) is 48.1. The Bertz CT molecular complexity index is 3030. The summed E-state index contributed by atoms with van der Waals surface area (Å²) in [5.41, 5.74) is 20.1. The van der Waals surface area contributed by atoms with E-state index in [2.05, 4.69) is 188 Å². The fourth-order valence-electron chi connectivity index (χ4n) is 10.4. The highest BCUT2D eigenvalue weighted by atomic mass is 14.9. The number of nitrogens with one attached hydrogen (secondary N) is 2. The van der Waals surface area contributed by atoms with E-state index < -0.39 is 0 Å². The van der Waals surface area contributed by atoms with Crippen molar-refractivity contribution >= 4 is 46.4 Å². The van der Waals surface area contributed by atoms with Crippen molar-refractivity contribution in [1.29, 1.82) is 0 Å². The number of nitrogens with zero attached hydrogens (tertiary/aromatic N) is 3. The van der Waals surface area contributed by atoms with E-state index in [4.69, 9.17) is 9.97 Å². The lowest BCUT2D eigenvalue weighted by molar-refractivity contribution is -0.696. The molecular weight excluding hydrogens is 851 g/mol. The predicted octanol–water partition coefficient (Wildman–Crippen LogP) is 18.2. The number of aryl methyl sites for hydroxylation is 4. The number of hydrogen-bond donors (Lipinski definition) is 2. The zero-order valence-corrected chi connectivity index (χ0v) is 42.4. The van der Waals surface area contributed by atoms with Gasteiger partial charge in [-0.25, -0.2) is 14.5 Å². The average Bonchev–Trinajstić information content (AvgIpc) is 4.23. The molecule has 5 nitrogen and oxygen atoms in total. The highest BCUT2D eigenvalue weighted by molar-refractivity contribution is 5.99. The van der Waals surface area contributed by atoms with Gasteiger partial charge in [-0.2, -0.15) is 0 Å². The van der Waals surface area contributed by atoms with Crippen molar-refractivity contribution in [3.63, 3.8) is 0 Å². The van der Waals surface area contributed by atoms with E-state index in [1.165, 1.54) is 126 Å². The van der Waals surface area contributed by atoms with Gasteiger partial charge in [-0.1, -0.05) is 193 Å². The Kier molecular flexibility index (Phi) is 16.5. The number of rotatable bonds is 22. The second-order valence-electron chi connectivity index (χ2n) is 20.1. The molecule has 2 aliphatic heterocycles. The van der Waals surface area contributed by atoms with Gasteiger partial charge in [-0.05, 0) is 98.5 Å². The fraction of sp³-hybridized carbons (Fsp3) is 0.338. The molecule has 8 bridgehead atoms. The van der Waals surface area contributed by atoms with Gasteiger partial charge in [-0.15, -0.1) is 0 Å². The lowest BCUT2D eigenvalue weighted by Gasteiger charge is -2.07. The van der Waals surface area contributed by atoms with Gasteiger partial charge in [-0.3, -0.25) is 0 Å². The molecule has 7 aromatic rings. The summed E-state index contributed by atoms with van der Waals surface area (Å²) in [6, 6.07) is 39.7. The summed E-state index contributed by atoms with van der Waals surface area (Å²) in [5.74, 6) is 0. The third-order valence-electron chi connectivity index (χ3n) is 14.4. The maximum atomic E-state index is 5.56. The fourth-order valence-corrected chi connectivity index (χ4v) is 10.4. The van der Waals surface area contributed by atoms with Gasteiger partial charge >= 0.3 is 0 Å². The smallest absolute Gasteiger partial charge is 0.176 e. The third-order valence-corrected chi connectivity index (χ3v) is 14.4. The molecule has 358 valence electrons. The average molecular weight is 925 g/mol. The van der Waals surface area contributed by atoms with Gasteiger partial charge in [0, 0.05) is 62.4 Å². The molecule has 70 heavy (non-hydrogen) atoms. The van der Waals surface area contributed by atoms with Crippen molar-refractivity contribution in [2.45, 2.75) is 143 Å². The molecule has 0 spiro atoms. The maximum Gasteiger partial charge on any atom is 0.176 e. The molecule has 9 rings (SSSR count). The third kappa shape index (κ3) is 12.0. The number of aromatic amines is 2. The number of pyridine rings is 1. The monoisotopic (exact) mass is 925 g/mol. The molecule has 2 N–H and O–H groups in total. The number of benzene rings is 3. The van der Waals surface area contributed by atoms with Crippen molar-refractivity contribution in [2.75, 3.05) is 0 Å². The maximum absolute atomic E-state index is 5.56. The van der Waals surface area contributed by atoms with E-state index in [1.54, 1.807) is 0 Å². The standard InChI is InChI=1S/C65H74N5/c1-5-6-7-8-9-10-11-12-13-14-15-16-17-18-19-20-21-44-70-45-22-23-53(46-70)65-60-42-40-58(68-60)63(51-32-26-48(3)27-33-51)56-38-36-54(66-56)62(50-30-24-47(2)25-31-50)55-37-39-57(67-55)64(59-41-43-61(65)69-59)52-34-28-49(4)29-35-52/h22-43,45-46,66,69H,5-21,44H2,1-4H3/q+1. The van der Waals surface area contributed by atoms with Crippen LogP contribution in [0.15, 0.2) is 122 Å². The van der Waals surface area contributed by atoms with E-state index in [0.29, 0.717) is 0 Å². The predicted molar refractivity (Wildman–Crippen MR) is 299 cm³/mol. The van der Waals surface area contributed by atoms with E-state index >= 15 is 0 Å². The van der Waals surface area contributed by atoms with E-state index in [0.717, 1.165) is 95.9 Å². The van der Waals surface area contributed by atoms with Gasteiger partial charge in [0.2, 0.25) is 0 Å². The van der Waals surface area contributed by atoms with Crippen LogP contribution in [0, 0.1) is 20.8 Å². The second-order valence-corrected chi connectivity index (χ2v) is 20.1. The van der Waals surface area contributed by atoms with Crippen LogP contribution in [0.5, 0.6) is 0 Å². The highest BCUT2D eigenvalue weighted by Gasteiger charge is 2.20. The first kappa shape index (κ1) is 48.4. The minimum absolute atomic E-state index is 0.919. The van der Waals surface area contributed by atoms with Crippen LogP contribution >= 0.6 is 0 Å². The first-order valence-electron chi connectivity index (χ1n) is 26.8. The van der Waals surface area contributed by atoms with E-state index in [-0.39, 0.29) is 0 Å². The lowest BCUT2D eigenvalue weighted by Crippen LogP contribution is -2.32. The van der Waals surface area contributed by atoms with Crippen molar-refractivity contribution in [2.24, 2.45) is 0 Å². The molecule has 0 fully saturated rings. The normalized spacial score (nSPS) is 12.1. The van der Waals surface area contributed by atoms with Crippen LogP contribution in [-0.2, 0) is 6.54 Å². The van der Waals surface area contributed by atoms with Gasteiger partial charge in [0.15, 0.2) is 12.4 Å². The van der Waals surface area contributed by atoms with Crippen molar-refractivity contribution < 1.29 is 4.57 Å². The van der Waals surface area contributed by atoms with Crippen LogP contribution in [0.2, 0.25) is 0 Å². The lowest BCUT2D eigenvalue weighted by atomic mass is 10.0. The highest BCUT2D eigenvalue weighted by Crippen LogP contribution is 2.38. The van der Waals surface area contributed by atoms with Gasteiger partial charge < -0.3 is 9.97 Å². The summed E-state index contributed by atoms with van der Waals surface area (Å²) < 4.78 is 2.38. The molecule has 5 heteroatoms. The van der Waals surface area contributed by atoms with Crippen LogP contribution in [0.1, 0.15) is 156 Å². The molecule has 6 heterocycles. The van der Waals surface area contributed by atoms with Crippen LogP contribution in [0.3, 0.4) is 0 Å². The summed E-state index contributed by atoms with van der Waals surface area (Å²) in [4.78, 5) is 18.9. The Balaban J connectivity index is 1.04. The molecule has 0 radical (unpaired) electrons. The van der Waals surface area contributed by atoms with Gasteiger partial charge in [0.1, 0.15) is 6.54 Å². The largest absolute Gasteiger partial charge is 0.354 e. The van der Waals surface area contributed by atoms with Crippen LogP contribution < -0.4 is 4.57 Å². The summed E-state index contributed by atoms with van der Waals surface area (Å²) in [7, 11) is 0. The second kappa shape index (κ2) is 23.8. The molecule has 0 unspecified atom stereocenters. The van der Waals surface area contributed by atoms with Crippen LogP contribution in [-0.4, -0.2) is 19.9 Å². The van der Waals surface area contributed by atoms with Crippen molar-refractivity contribution in [3.8, 4) is 44.5 Å². The van der Waals surface area contributed by atoms with Gasteiger partial charge in [0.05, 0.1) is 22.8 Å². The Hall–Kier alpha value is -6.59.